The van der Waals surface area contributed by atoms with Gasteiger partial charge in [-0.1, -0.05) is 12.1 Å². The Balaban J connectivity index is 1.25. The number of carbonyl (C=O) groups excluding carboxylic acids is 1. The van der Waals surface area contributed by atoms with E-state index in [0.717, 1.165) is 43.0 Å². The lowest BCUT2D eigenvalue weighted by Crippen LogP contribution is -2.36. The van der Waals surface area contributed by atoms with Gasteiger partial charge < -0.3 is 20.3 Å². The third kappa shape index (κ3) is 4.66. The van der Waals surface area contributed by atoms with Crippen LogP contribution in [0.15, 0.2) is 54.6 Å². The Kier molecular flexibility index (Phi) is 5.68. The van der Waals surface area contributed by atoms with Gasteiger partial charge in [0.05, 0.1) is 18.6 Å². The highest BCUT2D eigenvalue weighted by Crippen LogP contribution is 2.49. The van der Waals surface area contributed by atoms with Gasteiger partial charge >= 0.3 is 0 Å². The van der Waals surface area contributed by atoms with Gasteiger partial charge in [0.2, 0.25) is 5.91 Å². The number of carbonyl (C=O) groups is 1. The number of rotatable bonds is 6. The monoisotopic (exact) mass is 447 g/mol. The molecular weight excluding hydrogens is 421 g/mol. The number of anilines is 4. The molecule has 0 radical (unpaired) electrons. The zero-order valence-corrected chi connectivity index (χ0v) is 18.5. The van der Waals surface area contributed by atoms with Gasteiger partial charge in [0, 0.05) is 30.5 Å². The van der Waals surface area contributed by atoms with E-state index in [2.05, 4.69) is 25.5 Å². The second-order valence-corrected chi connectivity index (χ2v) is 8.50. The van der Waals surface area contributed by atoms with Crippen molar-refractivity contribution in [3.8, 4) is 0 Å². The van der Waals surface area contributed by atoms with Crippen molar-refractivity contribution < 1.29 is 13.9 Å². The van der Waals surface area contributed by atoms with Gasteiger partial charge in [-0.15, -0.1) is 0 Å². The standard InChI is InChI=1S/C25H26FN5O2/c1-17-27-22(16-23(28-17)31-12-14-33-15-13-31)29-20-6-8-21(9-7-20)30-24(32)25(10-11-25)18-2-4-19(26)5-3-18/h2-9,16H,10-15H2,1H3,(H,30,32)(H,27,28,29). The summed E-state index contributed by atoms with van der Waals surface area (Å²) in [6, 6.07) is 15.7. The molecule has 0 atom stereocenters. The summed E-state index contributed by atoms with van der Waals surface area (Å²) in [6.07, 6.45) is 1.53. The third-order valence-electron chi connectivity index (χ3n) is 6.16. The summed E-state index contributed by atoms with van der Waals surface area (Å²) in [5.74, 6) is 1.94. The van der Waals surface area contributed by atoms with Gasteiger partial charge in [-0.3, -0.25) is 4.79 Å². The largest absolute Gasteiger partial charge is 0.378 e. The molecule has 1 saturated heterocycles. The zero-order valence-electron chi connectivity index (χ0n) is 18.5. The van der Waals surface area contributed by atoms with Crippen LogP contribution in [0.3, 0.4) is 0 Å². The normalized spacial score (nSPS) is 16.8. The van der Waals surface area contributed by atoms with E-state index in [0.29, 0.717) is 30.5 Å². The number of aromatic nitrogens is 2. The first kappa shape index (κ1) is 21.3. The average Bonchev–Trinajstić information content (AvgIpc) is 3.63. The predicted octanol–water partition coefficient (Wildman–Crippen LogP) is 4.17. The SMILES string of the molecule is Cc1nc(Nc2ccc(NC(=O)C3(c4ccc(F)cc4)CC3)cc2)cc(N2CCOCC2)n1. The molecule has 2 aromatic carbocycles. The van der Waals surface area contributed by atoms with Crippen LogP contribution in [-0.4, -0.2) is 42.2 Å². The van der Waals surface area contributed by atoms with Crippen LogP contribution in [0.2, 0.25) is 0 Å². The third-order valence-corrected chi connectivity index (χ3v) is 6.16. The van der Waals surface area contributed by atoms with Crippen LogP contribution in [0, 0.1) is 12.7 Å². The molecule has 0 unspecified atom stereocenters. The van der Waals surface area contributed by atoms with Crippen molar-refractivity contribution in [2.45, 2.75) is 25.2 Å². The summed E-state index contributed by atoms with van der Waals surface area (Å²) in [7, 11) is 0. The number of morpholine rings is 1. The Morgan fingerprint density at radius 3 is 2.33 bits per heavy atom. The Bertz CT molecular complexity index is 1140. The van der Waals surface area contributed by atoms with Gasteiger partial charge in [0.25, 0.3) is 0 Å². The summed E-state index contributed by atoms with van der Waals surface area (Å²) in [5.41, 5.74) is 1.87. The van der Waals surface area contributed by atoms with E-state index in [1.54, 1.807) is 12.1 Å². The topological polar surface area (TPSA) is 79.4 Å². The molecule has 0 bridgehead atoms. The van der Waals surface area contributed by atoms with Crippen LogP contribution in [0.4, 0.5) is 27.4 Å². The number of hydrogen-bond acceptors (Lipinski definition) is 6. The molecule has 1 amide bonds. The van der Waals surface area contributed by atoms with Gasteiger partial charge in [0.15, 0.2) is 0 Å². The van der Waals surface area contributed by atoms with Crippen LogP contribution >= 0.6 is 0 Å². The zero-order chi connectivity index (χ0) is 22.8. The van der Waals surface area contributed by atoms with Gasteiger partial charge in [-0.05, 0) is 61.7 Å². The van der Waals surface area contributed by atoms with Crippen LogP contribution in [-0.2, 0) is 14.9 Å². The van der Waals surface area contributed by atoms with Crippen molar-refractivity contribution in [3.63, 3.8) is 0 Å². The van der Waals surface area contributed by atoms with Crippen molar-refractivity contribution >= 4 is 28.9 Å². The summed E-state index contributed by atoms with van der Waals surface area (Å²) >= 11 is 0. The Hall–Kier alpha value is -3.52. The molecule has 2 aliphatic rings. The summed E-state index contributed by atoms with van der Waals surface area (Å²) in [5, 5.41) is 6.33. The van der Waals surface area contributed by atoms with Gasteiger partial charge in [0.1, 0.15) is 23.3 Å². The maximum atomic E-state index is 13.3. The minimum atomic E-state index is -0.557. The fourth-order valence-electron chi connectivity index (χ4n) is 4.15. The van der Waals surface area contributed by atoms with Crippen LogP contribution in [0.25, 0.3) is 0 Å². The molecule has 2 heterocycles. The first-order valence-electron chi connectivity index (χ1n) is 11.1. The minimum absolute atomic E-state index is 0.0589. The Labute approximate surface area is 192 Å². The second-order valence-electron chi connectivity index (χ2n) is 8.50. The highest BCUT2D eigenvalue weighted by molar-refractivity contribution is 6.01. The molecule has 3 aromatic rings. The molecule has 33 heavy (non-hydrogen) atoms. The number of aryl methyl sites for hydroxylation is 1. The smallest absolute Gasteiger partial charge is 0.235 e. The number of nitrogens with zero attached hydrogens (tertiary/aromatic N) is 3. The van der Waals surface area contributed by atoms with E-state index in [1.165, 1.54) is 12.1 Å². The van der Waals surface area contributed by atoms with E-state index in [-0.39, 0.29) is 11.7 Å². The lowest BCUT2D eigenvalue weighted by atomic mass is 9.95. The van der Waals surface area contributed by atoms with E-state index < -0.39 is 5.41 Å². The van der Waals surface area contributed by atoms with Crippen LogP contribution in [0.1, 0.15) is 24.2 Å². The molecule has 170 valence electrons. The van der Waals surface area contributed by atoms with Crippen molar-refractivity contribution in [2.75, 3.05) is 41.8 Å². The molecule has 5 rings (SSSR count). The minimum Gasteiger partial charge on any atom is -0.378 e. The Morgan fingerprint density at radius 1 is 1.00 bits per heavy atom. The van der Waals surface area contributed by atoms with E-state index in [4.69, 9.17) is 4.74 Å². The number of hydrogen-bond donors (Lipinski definition) is 2. The molecular formula is C25H26FN5O2. The molecule has 2 fully saturated rings. The highest BCUT2D eigenvalue weighted by atomic mass is 19.1. The lowest BCUT2D eigenvalue weighted by Gasteiger charge is -2.28. The van der Waals surface area contributed by atoms with Crippen molar-refractivity contribution in [2.24, 2.45) is 0 Å². The van der Waals surface area contributed by atoms with E-state index in [9.17, 15) is 9.18 Å². The van der Waals surface area contributed by atoms with Crippen LogP contribution < -0.4 is 15.5 Å². The summed E-state index contributed by atoms with van der Waals surface area (Å²) in [4.78, 5) is 24.2. The molecule has 2 N–H and O–H groups in total. The first-order chi connectivity index (χ1) is 16.0. The predicted molar refractivity (Wildman–Crippen MR) is 125 cm³/mol. The maximum absolute atomic E-state index is 13.3. The van der Waals surface area contributed by atoms with E-state index in [1.807, 2.05) is 37.3 Å². The van der Waals surface area contributed by atoms with Gasteiger partial charge in [-0.2, -0.15) is 0 Å². The number of halogens is 1. The fourth-order valence-corrected chi connectivity index (χ4v) is 4.15. The first-order valence-corrected chi connectivity index (χ1v) is 11.1. The quantitative estimate of drug-likeness (QED) is 0.590. The summed E-state index contributed by atoms with van der Waals surface area (Å²) < 4.78 is 18.7. The van der Waals surface area contributed by atoms with Crippen molar-refractivity contribution in [1.82, 2.24) is 9.97 Å². The molecule has 1 saturated carbocycles. The van der Waals surface area contributed by atoms with Crippen molar-refractivity contribution in [3.05, 3.63) is 71.8 Å². The second kappa shape index (κ2) is 8.78. The van der Waals surface area contributed by atoms with Gasteiger partial charge in [-0.25, -0.2) is 14.4 Å². The van der Waals surface area contributed by atoms with Crippen molar-refractivity contribution in [1.29, 1.82) is 0 Å². The lowest BCUT2D eigenvalue weighted by molar-refractivity contribution is -0.118. The number of amides is 1. The van der Waals surface area contributed by atoms with Crippen LogP contribution in [0.5, 0.6) is 0 Å². The molecule has 1 aliphatic heterocycles. The average molecular weight is 448 g/mol. The number of nitrogens with one attached hydrogen (secondary N) is 2. The maximum Gasteiger partial charge on any atom is 0.235 e. The molecule has 7 nitrogen and oxygen atoms in total. The summed E-state index contributed by atoms with van der Waals surface area (Å²) in [6.45, 7) is 4.89. The number of ether oxygens (including phenoxy) is 1. The number of benzene rings is 2. The molecule has 1 aliphatic carbocycles. The molecule has 1 aromatic heterocycles. The Morgan fingerprint density at radius 2 is 1.67 bits per heavy atom. The molecule has 8 heteroatoms. The van der Waals surface area contributed by atoms with E-state index >= 15 is 0 Å². The fraction of sp³-hybridized carbons (Fsp3) is 0.320. The molecule has 0 spiro atoms. The highest BCUT2D eigenvalue weighted by Gasteiger charge is 2.51.